The van der Waals surface area contributed by atoms with Gasteiger partial charge < -0.3 is 9.64 Å². The number of hydrogen-bond donors (Lipinski definition) is 1. The van der Waals surface area contributed by atoms with Crippen LogP contribution in [0.2, 0.25) is 0 Å². The first kappa shape index (κ1) is 17.1. The Morgan fingerprint density at radius 3 is 2.69 bits per heavy atom. The van der Waals surface area contributed by atoms with Crippen LogP contribution in [0.3, 0.4) is 0 Å². The quantitative estimate of drug-likeness (QED) is 0.825. The molecular formula is C19H20N4O2S. The van der Waals surface area contributed by atoms with Gasteiger partial charge in [-0.3, -0.25) is 9.89 Å². The van der Waals surface area contributed by atoms with Gasteiger partial charge in [-0.05, 0) is 31.7 Å². The molecule has 2 aromatic rings. The number of carbonyl (C=O) groups is 1. The summed E-state index contributed by atoms with van der Waals surface area (Å²) >= 11 is 1.42. The molecule has 2 atom stereocenters. The van der Waals surface area contributed by atoms with Crippen LogP contribution in [-0.4, -0.2) is 51.5 Å². The first-order valence-corrected chi connectivity index (χ1v) is 9.43. The van der Waals surface area contributed by atoms with Gasteiger partial charge in [-0.25, -0.2) is 0 Å². The number of amidine groups is 1. The smallest absolute Gasteiger partial charge is 0.286 e. The molecule has 0 saturated carbocycles. The van der Waals surface area contributed by atoms with Crippen molar-refractivity contribution in [3.8, 4) is 11.3 Å². The molecule has 1 aromatic heterocycles. The predicted molar refractivity (Wildman–Crippen MR) is 104 cm³/mol. The molecule has 6 nitrogen and oxygen atoms in total. The number of carbonyl (C=O) groups excluding carboxylic acids is 1. The number of thioether (sulfide) groups is 1. The summed E-state index contributed by atoms with van der Waals surface area (Å²) in [4.78, 5) is 19.4. The highest BCUT2D eigenvalue weighted by atomic mass is 32.2. The van der Waals surface area contributed by atoms with E-state index in [2.05, 4.69) is 20.1 Å². The van der Waals surface area contributed by atoms with E-state index in [-0.39, 0.29) is 18.1 Å². The Kier molecular flexibility index (Phi) is 4.65. The van der Waals surface area contributed by atoms with Gasteiger partial charge in [-0.2, -0.15) is 10.1 Å². The highest BCUT2D eigenvalue weighted by Gasteiger charge is 2.31. The number of amides is 1. The molecule has 134 valence electrons. The molecule has 1 saturated heterocycles. The topological polar surface area (TPSA) is 70.6 Å². The van der Waals surface area contributed by atoms with Crippen molar-refractivity contribution >= 4 is 28.9 Å². The SMILES string of the molecule is C[C@@H]1CN(C2=NC(=O)/C(=C\c3cn[nH]c3-c3ccccc3)S2)C[C@@H](C)O1. The van der Waals surface area contributed by atoms with Crippen molar-refractivity contribution in [1.82, 2.24) is 15.1 Å². The van der Waals surface area contributed by atoms with Crippen molar-refractivity contribution in [2.45, 2.75) is 26.1 Å². The van der Waals surface area contributed by atoms with Crippen LogP contribution in [-0.2, 0) is 9.53 Å². The number of nitrogens with zero attached hydrogens (tertiary/aromatic N) is 3. The Hall–Kier alpha value is -2.38. The highest BCUT2D eigenvalue weighted by molar-refractivity contribution is 8.18. The first-order valence-electron chi connectivity index (χ1n) is 8.62. The summed E-state index contributed by atoms with van der Waals surface area (Å²) in [6.45, 7) is 5.58. The maximum Gasteiger partial charge on any atom is 0.286 e. The lowest BCUT2D eigenvalue weighted by Gasteiger charge is -2.35. The van der Waals surface area contributed by atoms with Gasteiger partial charge in [0.15, 0.2) is 5.17 Å². The Morgan fingerprint density at radius 1 is 1.23 bits per heavy atom. The number of hydrogen-bond acceptors (Lipinski definition) is 5. The number of morpholine rings is 1. The Bertz CT molecular complexity index is 865. The summed E-state index contributed by atoms with van der Waals surface area (Å²) < 4.78 is 5.76. The summed E-state index contributed by atoms with van der Waals surface area (Å²) in [7, 11) is 0. The third-order valence-corrected chi connectivity index (χ3v) is 5.36. The maximum atomic E-state index is 12.4. The molecule has 0 radical (unpaired) electrons. The van der Waals surface area contributed by atoms with Gasteiger partial charge in [-0.1, -0.05) is 30.3 Å². The molecule has 2 aliphatic heterocycles. The minimum absolute atomic E-state index is 0.128. The zero-order valence-electron chi connectivity index (χ0n) is 14.7. The minimum Gasteiger partial charge on any atom is -0.372 e. The van der Waals surface area contributed by atoms with Gasteiger partial charge in [0.1, 0.15) is 0 Å². The normalized spacial score (nSPS) is 25.0. The van der Waals surface area contributed by atoms with Gasteiger partial charge in [0.25, 0.3) is 5.91 Å². The summed E-state index contributed by atoms with van der Waals surface area (Å²) in [5.74, 6) is -0.197. The Balaban J connectivity index is 1.56. The zero-order valence-corrected chi connectivity index (χ0v) is 15.5. The van der Waals surface area contributed by atoms with Crippen LogP contribution >= 0.6 is 11.8 Å². The average Bonchev–Trinajstić information content (AvgIpc) is 3.22. The molecule has 0 unspecified atom stereocenters. The fourth-order valence-electron chi connectivity index (χ4n) is 3.25. The van der Waals surface area contributed by atoms with Crippen LogP contribution in [0.25, 0.3) is 17.3 Å². The van der Waals surface area contributed by atoms with Crippen molar-refractivity contribution < 1.29 is 9.53 Å². The lowest BCUT2D eigenvalue weighted by atomic mass is 10.1. The van der Waals surface area contributed by atoms with E-state index in [4.69, 9.17) is 4.74 Å². The molecule has 26 heavy (non-hydrogen) atoms. The number of aromatic amines is 1. The second kappa shape index (κ2) is 7.09. The van der Waals surface area contributed by atoms with E-state index in [1.807, 2.05) is 50.3 Å². The number of benzene rings is 1. The van der Waals surface area contributed by atoms with E-state index in [1.165, 1.54) is 11.8 Å². The molecule has 1 amide bonds. The lowest BCUT2D eigenvalue weighted by Crippen LogP contribution is -2.47. The zero-order chi connectivity index (χ0) is 18.1. The second-order valence-corrected chi connectivity index (χ2v) is 7.55. The van der Waals surface area contributed by atoms with E-state index in [9.17, 15) is 4.79 Å². The molecule has 7 heteroatoms. The molecule has 1 fully saturated rings. The number of rotatable bonds is 2. The molecule has 1 aromatic carbocycles. The van der Waals surface area contributed by atoms with Crippen LogP contribution < -0.4 is 0 Å². The summed E-state index contributed by atoms with van der Waals surface area (Å²) in [6.07, 6.45) is 3.86. The van der Waals surface area contributed by atoms with Gasteiger partial charge in [0, 0.05) is 24.2 Å². The van der Waals surface area contributed by atoms with E-state index in [1.54, 1.807) is 6.20 Å². The highest BCUT2D eigenvalue weighted by Crippen LogP contribution is 2.33. The predicted octanol–water partition coefficient (Wildman–Crippen LogP) is 3.16. The molecule has 0 bridgehead atoms. The van der Waals surface area contributed by atoms with Crippen LogP contribution in [0.5, 0.6) is 0 Å². The Labute approximate surface area is 156 Å². The number of H-pyrrole nitrogens is 1. The number of aliphatic imine (C=N–C) groups is 1. The molecule has 2 aliphatic rings. The van der Waals surface area contributed by atoms with Gasteiger partial charge in [0.05, 0.1) is 29.0 Å². The van der Waals surface area contributed by atoms with Crippen LogP contribution in [0.15, 0.2) is 46.4 Å². The maximum absolute atomic E-state index is 12.4. The van der Waals surface area contributed by atoms with E-state index in [0.717, 1.165) is 35.1 Å². The lowest BCUT2D eigenvalue weighted by molar-refractivity contribution is -0.113. The molecular weight excluding hydrogens is 348 g/mol. The summed E-state index contributed by atoms with van der Waals surface area (Å²) in [5, 5.41) is 7.91. The minimum atomic E-state index is -0.197. The third kappa shape index (κ3) is 3.45. The van der Waals surface area contributed by atoms with Crippen LogP contribution in [0.1, 0.15) is 19.4 Å². The molecule has 0 aliphatic carbocycles. The molecule has 3 heterocycles. The number of ether oxygens (including phenoxy) is 1. The van der Waals surface area contributed by atoms with E-state index in [0.29, 0.717) is 4.91 Å². The number of aromatic nitrogens is 2. The number of nitrogens with one attached hydrogen (secondary N) is 1. The third-order valence-electron chi connectivity index (χ3n) is 4.32. The first-order chi connectivity index (χ1) is 12.6. The van der Waals surface area contributed by atoms with Crippen molar-refractivity contribution in [2.75, 3.05) is 13.1 Å². The fourth-order valence-corrected chi connectivity index (χ4v) is 4.17. The fraction of sp³-hybridized carbons (Fsp3) is 0.316. The van der Waals surface area contributed by atoms with Crippen molar-refractivity contribution in [2.24, 2.45) is 4.99 Å². The van der Waals surface area contributed by atoms with Gasteiger partial charge in [-0.15, -0.1) is 0 Å². The largest absolute Gasteiger partial charge is 0.372 e. The second-order valence-electron chi connectivity index (χ2n) is 6.54. The van der Waals surface area contributed by atoms with Crippen LogP contribution in [0.4, 0.5) is 0 Å². The van der Waals surface area contributed by atoms with Crippen LogP contribution in [0, 0.1) is 0 Å². The van der Waals surface area contributed by atoms with Crippen molar-refractivity contribution in [1.29, 1.82) is 0 Å². The monoisotopic (exact) mass is 368 g/mol. The molecule has 1 N–H and O–H groups in total. The van der Waals surface area contributed by atoms with E-state index >= 15 is 0 Å². The van der Waals surface area contributed by atoms with E-state index < -0.39 is 0 Å². The Morgan fingerprint density at radius 2 is 1.96 bits per heavy atom. The molecule has 0 spiro atoms. The van der Waals surface area contributed by atoms with Gasteiger partial charge >= 0.3 is 0 Å². The molecule has 4 rings (SSSR count). The van der Waals surface area contributed by atoms with Crippen molar-refractivity contribution in [3.05, 3.63) is 47.0 Å². The van der Waals surface area contributed by atoms with Gasteiger partial charge in [0.2, 0.25) is 0 Å². The standard InChI is InChI=1S/C19H20N4O2S/c1-12-10-23(11-13(2)25-12)19-21-18(24)16(26-19)8-15-9-20-22-17(15)14-6-4-3-5-7-14/h3-9,12-13H,10-11H2,1-2H3,(H,20,22)/b16-8+/t12-,13-/m1/s1. The summed E-state index contributed by atoms with van der Waals surface area (Å²) in [6, 6.07) is 9.95. The summed E-state index contributed by atoms with van der Waals surface area (Å²) in [5.41, 5.74) is 2.81. The average molecular weight is 368 g/mol. The van der Waals surface area contributed by atoms with Crippen molar-refractivity contribution in [3.63, 3.8) is 0 Å².